The van der Waals surface area contributed by atoms with Crippen molar-refractivity contribution in [2.75, 3.05) is 42.7 Å². The SMILES string of the molecule is COc1ncc(-c2cc(C(F)(F)F)c3ncnc(N4CCNCC4)c3c2)cc1N(OC(=O)C(F)(F)F)S(=O)(=O)c1ccc(F)cc1F. The highest BCUT2D eigenvalue weighted by atomic mass is 32.2. The number of carbonyl (C=O) groups excluding carboxylic acids is 1. The summed E-state index contributed by atoms with van der Waals surface area (Å²) in [5.41, 5.74) is -3.42. The third-order valence-electron chi connectivity index (χ3n) is 6.78. The van der Waals surface area contributed by atoms with Gasteiger partial charge in [-0.15, -0.1) is 0 Å². The number of sulfonamides is 1. The van der Waals surface area contributed by atoms with Gasteiger partial charge in [-0.2, -0.15) is 34.8 Å². The zero-order valence-electron chi connectivity index (χ0n) is 23.7. The summed E-state index contributed by atoms with van der Waals surface area (Å²) in [5, 5.41) is 3.03. The van der Waals surface area contributed by atoms with Crippen LogP contribution in [-0.2, 0) is 25.8 Å². The van der Waals surface area contributed by atoms with Gasteiger partial charge in [0.1, 0.15) is 28.7 Å². The smallest absolute Gasteiger partial charge is 0.479 e. The first kappa shape index (κ1) is 33.5. The molecule has 4 aromatic rings. The second-order valence-electron chi connectivity index (χ2n) is 9.79. The lowest BCUT2D eigenvalue weighted by Crippen LogP contribution is -2.44. The van der Waals surface area contributed by atoms with Crippen LogP contribution in [0.4, 0.5) is 46.6 Å². The Labute approximate surface area is 259 Å². The van der Waals surface area contributed by atoms with E-state index < -0.39 is 72.0 Å². The number of piperazine rings is 1. The molecule has 0 aliphatic carbocycles. The van der Waals surface area contributed by atoms with E-state index in [2.05, 4.69) is 25.1 Å². The van der Waals surface area contributed by atoms with Crippen molar-refractivity contribution in [1.29, 1.82) is 0 Å². The molecule has 20 heteroatoms. The van der Waals surface area contributed by atoms with E-state index in [0.717, 1.165) is 19.6 Å². The molecule has 1 saturated heterocycles. The van der Waals surface area contributed by atoms with Gasteiger partial charge in [0, 0.05) is 49.4 Å². The highest BCUT2D eigenvalue weighted by Gasteiger charge is 2.46. The first-order valence-electron chi connectivity index (χ1n) is 13.2. The third kappa shape index (κ3) is 6.68. The largest absolute Gasteiger partial charge is 0.493 e. The Bertz CT molecular complexity index is 1950. The monoisotopic (exact) mass is 692 g/mol. The minimum atomic E-state index is -5.78. The number of rotatable bonds is 7. The molecule has 0 amide bonds. The number of pyridine rings is 1. The van der Waals surface area contributed by atoms with Gasteiger partial charge >= 0.3 is 18.3 Å². The maximum atomic E-state index is 14.6. The van der Waals surface area contributed by atoms with Crippen LogP contribution < -0.4 is 19.4 Å². The molecule has 1 fully saturated rings. The Hall–Kier alpha value is -4.85. The van der Waals surface area contributed by atoms with Crippen molar-refractivity contribution in [3.05, 3.63) is 66.1 Å². The lowest BCUT2D eigenvalue weighted by Gasteiger charge is -2.29. The quantitative estimate of drug-likeness (QED) is 0.217. The van der Waals surface area contributed by atoms with E-state index in [0.29, 0.717) is 50.4 Å². The molecule has 2 aromatic heterocycles. The molecule has 1 N–H and O–H groups in total. The van der Waals surface area contributed by atoms with Crippen LogP contribution in [0.25, 0.3) is 22.0 Å². The maximum Gasteiger partial charge on any atom is 0.493 e. The first-order chi connectivity index (χ1) is 22.0. The van der Waals surface area contributed by atoms with Gasteiger partial charge in [0.2, 0.25) is 5.88 Å². The number of benzene rings is 2. The van der Waals surface area contributed by atoms with Crippen LogP contribution in [0.2, 0.25) is 0 Å². The Morgan fingerprint density at radius 3 is 2.28 bits per heavy atom. The molecule has 0 saturated carbocycles. The highest BCUT2D eigenvalue weighted by Crippen LogP contribution is 2.42. The fourth-order valence-corrected chi connectivity index (χ4v) is 5.96. The molecular formula is C27H20F8N6O5S. The Morgan fingerprint density at radius 2 is 1.66 bits per heavy atom. The van der Waals surface area contributed by atoms with E-state index in [1.807, 2.05) is 0 Å². The van der Waals surface area contributed by atoms with E-state index in [9.17, 15) is 48.3 Å². The lowest BCUT2D eigenvalue weighted by molar-refractivity contribution is -0.199. The summed E-state index contributed by atoms with van der Waals surface area (Å²) in [6, 6.07) is 3.50. The molecule has 2 aromatic carbocycles. The van der Waals surface area contributed by atoms with Crippen LogP contribution in [0.1, 0.15) is 5.56 Å². The highest BCUT2D eigenvalue weighted by molar-refractivity contribution is 7.92. The Kier molecular flexibility index (Phi) is 8.84. The van der Waals surface area contributed by atoms with Crippen molar-refractivity contribution in [3.8, 4) is 17.0 Å². The van der Waals surface area contributed by atoms with Gasteiger partial charge in [0.15, 0.2) is 5.69 Å². The van der Waals surface area contributed by atoms with E-state index in [1.54, 1.807) is 4.90 Å². The molecule has 250 valence electrons. The average Bonchev–Trinajstić information content (AvgIpc) is 3.01. The number of hydrogen-bond donors (Lipinski definition) is 1. The van der Waals surface area contributed by atoms with Crippen LogP contribution >= 0.6 is 0 Å². The summed E-state index contributed by atoms with van der Waals surface area (Å²) >= 11 is 0. The van der Waals surface area contributed by atoms with Gasteiger partial charge in [0.25, 0.3) is 10.0 Å². The minimum absolute atomic E-state index is 0.0713. The van der Waals surface area contributed by atoms with Crippen LogP contribution in [0.3, 0.4) is 0 Å². The predicted octanol–water partition coefficient (Wildman–Crippen LogP) is 4.62. The lowest BCUT2D eigenvalue weighted by atomic mass is 9.99. The summed E-state index contributed by atoms with van der Waals surface area (Å²) in [4.78, 5) is 28.2. The van der Waals surface area contributed by atoms with Gasteiger partial charge in [-0.3, -0.25) is 0 Å². The second kappa shape index (κ2) is 12.4. The predicted molar refractivity (Wildman–Crippen MR) is 148 cm³/mol. The molecule has 0 bridgehead atoms. The van der Waals surface area contributed by atoms with Gasteiger partial charge in [-0.1, -0.05) is 4.47 Å². The molecule has 11 nitrogen and oxygen atoms in total. The number of halogens is 8. The van der Waals surface area contributed by atoms with E-state index in [-0.39, 0.29) is 28.4 Å². The van der Waals surface area contributed by atoms with Gasteiger partial charge < -0.3 is 19.8 Å². The second-order valence-corrected chi connectivity index (χ2v) is 11.5. The first-order valence-corrected chi connectivity index (χ1v) is 14.6. The van der Waals surface area contributed by atoms with Crippen LogP contribution in [-0.4, -0.2) is 68.8 Å². The normalized spacial score (nSPS) is 14.3. The molecule has 0 radical (unpaired) electrons. The molecule has 1 aliphatic rings. The fraction of sp³-hybridized carbons (Fsp3) is 0.259. The number of fused-ring (bicyclic) bond motifs is 1. The summed E-state index contributed by atoms with van der Waals surface area (Å²) in [7, 11) is -4.76. The summed E-state index contributed by atoms with van der Waals surface area (Å²) in [6.45, 7) is 1.75. The van der Waals surface area contributed by atoms with Crippen molar-refractivity contribution >= 4 is 38.4 Å². The number of alkyl halides is 6. The zero-order valence-corrected chi connectivity index (χ0v) is 24.5. The van der Waals surface area contributed by atoms with E-state index in [1.165, 1.54) is 6.07 Å². The maximum absolute atomic E-state index is 14.6. The van der Waals surface area contributed by atoms with Crippen molar-refractivity contribution in [1.82, 2.24) is 20.3 Å². The van der Waals surface area contributed by atoms with Crippen LogP contribution in [0, 0.1) is 11.6 Å². The van der Waals surface area contributed by atoms with E-state index >= 15 is 0 Å². The van der Waals surface area contributed by atoms with Gasteiger partial charge in [-0.25, -0.2) is 28.5 Å². The molecular weight excluding hydrogens is 672 g/mol. The van der Waals surface area contributed by atoms with Crippen molar-refractivity contribution in [2.45, 2.75) is 17.2 Å². The molecule has 0 unspecified atom stereocenters. The average molecular weight is 693 g/mol. The number of methoxy groups -OCH3 is 1. The van der Waals surface area contributed by atoms with Crippen molar-refractivity contribution < 1.29 is 57.9 Å². The number of nitrogens with one attached hydrogen (secondary N) is 1. The third-order valence-corrected chi connectivity index (χ3v) is 8.38. The fourth-order valence-electron chi connectivity index (χ4n) is 4.68. The van der Waals surface area contributed by atoms with Crippen molar-refractivity contribution in [3.63, 3.8) is 0 Å². The molecule has 47 heavy (non-hydrogen) atoms. The molecule has 0 atom stereocenters. The standard InChI is InChI=1S/C27H20F8N6O5S/c1-45-24-20(41(46-25(42)27(33,34)35)47(43,44)21-3-2-16(28)11-19(21)29)10-15(12-37-24)14-8-17-22(18(9-14)26(30,31)32)38-13-39-23(17)40-6-4-36-5-7-40/h2-3,8-13,36H,4-7H2,1H3. The van der Waals surface area contributed by atoms with Crippen molar-refractivity contribution in [2.24, 2.45) is 0 Å². The van der Waals surface area contributed by atoms with Crippen LogP contribution in [0.15, 0.2) is 53.8 Å². The number of anilines is 2. The summed E-state index contributed by atoms with van der Waals surface area (Å²) in [5.74, 6) is -6.77. The number of ether oxygens (including phenoxy) is 1. The summed E-state index contributed by atoms with van der Waals surface area (Å²) in [6.07, 6.45) is -8.89. The molecule has 1 aliphatic heterocycles. The van der Waals surface area contributed by atoms with Gasteiger partial charge in [-0.05, 0) is 35.9 Å². The Balaban J connectivity index is 1.75. The summed E-state index contributed by atoms with van der Waals surface area (Å²) < 4.78 is 142. The van der Waals surface area contributed by atoms with Gasteiger partial charge in [0.05, 0.1) is 18.2 Å². The van der Waals surface area contributed by atoms with E-state index in [4.69, 9.17) is 4.74 Å². The molecule has 5 rings (SSSR count). The topological polar surface area (TPSA) is 127 Å². The molecule has 3 heterocycles. The minimum Gasteiger partial charge on any atom is -0.479 e. The number of hydrogen-bond acceptors (Lipinski definition) is 10. The number of aromatic nitrogens is 3. The molecule has 0 spiro atoms. The number of nitrogens with zero attached hydrogens (tertiary/aromatic N) is 5. The van der Waals surface area contributed by atoms with Crippen LogP contribution in [0.5, 0.6) is 5.88 Å². The Morgan fingerprint density at radius 1 is 0.957 bits per heavy atom. The zero-order chi connectivity index (χ0) is 34.3. The number of carbonyl (C=O) groups is 1.